The van der Waals surface area contributed by atoms with E-state index in [1.54, 1.807) is 0 Å². The number of hydrogen-bond donors (Lipinski definition) is 0. The van der Waals surface area contributed by atoms with E-state index in [0.29, 0.717) is 6.07 Å². The highest BCUT2D eigenvalue weighted by Crippen LogP contribution is 2.33. The first-order chi connectivity index (χ1) is 12.4. The number of ether oxygens (including phenoxy) is 1. The highest BCUT2D eigenvalue weighted by Gasteiger charge is 2.50. The highest BCUT2D eigenvalue weighted by atomic mass is 32.2. The van der Waals surface area contributed by atoms with Gasteiger partial charge in [0.15, 0.2) is 0 Å². The first-order valence-electron chi connectivity index (χ1n) is 7.16. The van der Waals surface area contributed by atoms with Crippen molar-refractivity contribution in [3.63, 3.8) is 0 Å². The molecule has 0 saturated carbocycles. The molecule has 7 nitrogen and oxygen atoms in total. The van der Waals surface area contributed by atoms with E-state index >= 15 is 0 Å². The lowest BCUT2D eigenvalue weighted by molar-refractivity contribution is -0.168. The van der Waals surface area contributed by atoms with Crippen LogP contribution in [-0.4, -0.2) is 44.9 Å². The van der Waals surface area contributed by atoms with Crippen LogP contribution < -0.4 is 0 Å². The van der Waals surface area contributed by atoms with Gasteiger partial charge < -0.3 is 9.57 Å². The third-order valence-electron chi connectivity index (χ3n) is 3.56. The second kappa shape index (κ2) is 7.38. The molecular weight excluding hydrogens is 405 g/mol. The number of rotatable bonds is 6. The molecular formula is C14H12F5NO6S. The minimum atomic E-state index is -5.87. The van der Waals surface area contributed by atoms with Crippen LogP contribution in [-0.2, 0) is 28.7 Å². The maximum absolute atomic E-state index is 13.3. The predicted molar refractivity (Wildman–Crippen MR) is 78.9 cm³/mol. The topological polar surface area (TPSA) is 91.3 Å². The number of carbonyl (C=O) groups is 1. The van der Waals surface area contributed by atoms with Crippen molar-refractivity contribution in [2.75, 3.05) is 13.7 Å². The minimum absolute atomic E-state index is 0.0675. The zero-order chi connectivity index (χ0) is 20.5. The third-order valence-corrected chi connectivity index (χ3v) is 4.61. The van der Waals surface area contributed by atoms with E-state index in [-0.39, 0.29) is 11.3 Å². The molecule has 13 heteroatoms. The quantitative estimate of drug-likeness (QED) is 0.305. The molecule has 1 heterocycles. The number of hydrogen-bond acceptors (Lipinski definition) is 7. The molecule has 2 rings (SSSR count). The average Bonchev–Trinajstić information content (AvgIpc) is 2.97. The molecule has 0 saturated heterocycles. The summed E-state index contributed by atoms with van der Waals surface area (Å²) in [5, 5.41) is 3.53. The summed E-state index contributed by atoms with van der Waals surface area (Å²) in [6, 6.07) is 2.41. The van der Waals surface area contributed by atoms with E-state index in [1.165, 1.54) is 0 Å². The Morgan fingerprint density at radius 1 is 1.26 bits per heavy atom. The number of esters is 1. The molecule has 0 bridgehead atoms. The van der Waals surface area contributed by atoms with Crippen LogP contribution in [0.3, 0.4) is 0 Å². The molecule has 0 N–H and O–H groups in total. The number of oxime groups is 1. The van der Waals surface area contributed by atoms with E-state index in [1.807, 2.05) is 0 Å². The average molecular weight is 417 g/mol. The number of methoxy groups -OCH3 is 1. The van der Waals surface area contributed by atoms with Crippen LogP contribution in [0.25, 0.3) is 0 Å². The number of carbonyl (C=O) groups excluding carboxylic acids is 1. The van der Waals surface area contributed by atoms with Crippen LogP contribution >= 0.6 is 0 Å². The van der Waals surface area contributed by atoms with Gasteiger partial charge in [0.2, 0.25) is 5.60 Å². The van der Waals surface area contributed by atoms with E-state index in [9.17, 15) is 35.2 Å². The van der Waals surface area contributed by atoms with Crippen LogP contribution in [0.5, 0.6) is 0 Å². The van der Waals surface area contributed by atoms with E-state index in [2.05, 4.69) is 14.1 Å². The van der Waals surface area contributed by atoms with Crippen molar-refractivity contribution in [3.8, 4) is 0 Å². The number of halogens is 5. The molecule has 150 valence electrons. The summed E-state index contributed by atoms with van der Waals surface area (Å²) >= 11 is 0. The van der Waals surface area contributed by atoms with Crippen molar-refractivity contribution >= 4 is 21.8 Å². The highest BCUT2D eigenvalue weighted by molar-refractivity contribution is 7.87. The normalized spacial score (nSPS) is 20.1. The Bertz CT molecular complexity index is 849. The lowest BCUT2D eigenvalue weighted by Gasteiger charge is -2.23. The first-order valence-corrected chi connectivity index (χ1v) is 8.57. The molecule has 0 radical (unpaired) electrons. The molecule has 1 atom stereocenters. The summed E-state index contributed by atoms with van der Waals surface area (Å²) < 4.78 is 93.7. The Morgan fingerprint density at radius 3 is 2.37 bits per heavy atom. The fraction of sp³-hybridized carbons (Fsp3) is 0.429. The smallest absolute Gasteiger partial charge is 0.466 e. The molecule has 0 fully saturated rings. The number of benzene rings is 1. The standard InChI is InChI=1S/C14H12F5NO6S/c1-24-12(21)13(2-3-25-27(22,23)14(17,18)19)7-11(20-26-13)8-4-9(15)6-10(16)5-8/h4-6H,2-3,7H2,1H3. The van der Waals surface area contributed by atoms with Gasteiger partial charge in [-0.2, -0.15) is 21.6 Å². The second-order valence-electron chi connectivity index (χ2n) is 5.42. The van der Waals surface area contributed by atoms with E-state index in [4.69, 9.17) is 4.84 Å². The SMILES string of the molecule is COC(=O)C1(CCOS(=O)(=O)C(F)(F)F)CC(c2cc(F)cc(F)c2)=NO1. The molecule has 0 aliphatic carbocycles. The molecule has 0 amide bonds. The molecule has 0 spiro atoms. The fourth-order valence-electron chi connectivity index (χ4n) is 2.27. The molecule has 0 aromatic heterocycles. The zero-order valence-corrected chi connectivity index (χ0v) is 14.4. The van der Waals surface area contributed by atoms with Crippen LogP contribution in [0, 0.1) is 11.6 Å². The van der Waals surface area contributed by atoms with Gasteiger partial charge in [-0.3, -0.25) is 4.18 Å². The van der Waals surface area contributed by atoms with Gasteiger partial charge in [-0.25, -0.2) is 13.6 Å². The summed E-state index contributed by atoms with van der Waals surface area (Å²) in [6.45, 7) is -1.07. The van der Waals surface area contributed by atoms with E-state index in [0.717, 1.165) is 19.2 Å². The van der Waals surface area contributed by atoms with Gasteiger partial charge in [0, 0.05) is 24.5 Å². The Morgan fingerprint density at radius 2 is 1.85 bits per heavy atom. The molecule has 1 aliphatic rings. The van der Waals surface area contributed by atoms with Crippen molar-refractivity contribution < 1.29 is 48.9 Å². The van der Waals surface area contributed by atoms with Gasteiger partial charge >= 0.3 is 21.6 Å². The van der Waals surface area contributed by atoms with Gasteiger partial charge in [0.1, 0.15) is 11.6 Å². The van der Waals surface area contributed by atoms with Gasteiger partial charge in [0.05, 0.1) is 19.4 Å². The van der Waals surface area contributed by atoms with Crippen molar-refractivity contribution in [2.24, 2.45) is 5.16 Å². The summed E-state index contributed by atoms with van der Waals surface area (Å²) in [6.07, 6.45) is -1.11. The van der Waals surface area contributed by atoms with Crippen molar-refractivity contribution in [1.82, 2.24) is 0 Å². The maximum Gasteiger partial charge on any atom is 0.523 e. The maximum atomic E-state index is 13.3. The number of nitrogens with zero attached hydrogens (tertiary/aromatic N) is 1. The van der Waals surface area contributed by atoms with Gasteiger partial charge in [0.25, 0.3) is 0 Å². The largest absolute Gasteiger partial charge is 0.523 e. The summed E-state index contributed by atoms with van der Waals surface area (Å²) in [4.78, 5) is 17.0. The fourth-order valence-corrected chi connectivity index (χ4v) is 2.70. The Balaban J connectivity index is 2.17. The van der Waals surface area contributed by atoms with Crippen LogP contribution in [0.4, 0.5) is 22.0 Å². The molecule has 1 unspecified atom stereocenters. The summed E-state index contributed by atoms with van der Waals surface area (Å²) in [5.41, 5.74) is -7.80. The lowest BCUT2D eigenvalue weighted by Crippen LogP contribution is -2.41. The molecule has 1 aliphatic heterocycles. The van der Waals surface area contributed by atoms with Gasteiger partial charge in [-0.1, -0.05) is 5.16 Å². The van der Waals surface area contributed by atoms with Gasteiger partial charge in [-0.05, 0) is 12.1 Å². The second-order valence-corrected chi connectivity index (χ2v) is 7.03. The molecule has 1 aromatic rings. The Labute approximate surface area is 149 Å². The Kier molecular flexibility index (Phi) is 5.75. The van der Waals surface area contributed by atoms with Crippen molar-refractivity contribution in [1.29, 1.82) is 0 Å². The van der Waals surface area contributed by atoms with Crippen molar-refractivity contribution in [3.05, 3.63) is 35.4 Å². The number of alkyl halides is 3. The van der Waals surface area contributed by atoms with Crippen LogP contribution in [0.15, 0.2) is 23.4 Å². The van der Waals surface area contributed by atoms with Crippen LogP contribution in [0.1, 0.15) is 18.4 Å². The minimum Gasteiger partial charge on any atom is -0.466 e. The van der Waals surface area contributed by atoms with Crippen LogP contribution in [0.2, 0.25) is 0 Å². The first kappa shape index (κ1) is 21.0. The predicted octanol–water partition coefficient (Wildman–Crippen LogP) is 2.26. The molecule has 1 aromatic carbocycles. The Hall–Kier alpha value is -2.28. The van der Waals surface area contributed by atoms with E-state index < -0.39 is 58.3 Å². The monoisotopic (exact) mass is 417 g/mol. The third kappa shape index (κ3) is 4.53. The lowest BCUT2D eigenvalue weighted by atomic mass is 9.91. The summed E-state index contributed by atoms with van der Waals surface area (Å²) in [5.74, 6) is -2.93. The summed E-state index contributed by atoms with van der Waals surface area (Å²) in [7, 11) is -4.91. The van der Waals surface area contributed by atoms with Gasteiger partial charge in [-0.15, -0.1) is 0 Å². The zero-order valence-electron chi connectivity index (χ0n) is 13.5. The molecule has 27 heavy (non-hydrogen) atoms. The van der Waals surface area contributed by atoms with Crippen molar-refractivity contribution in [2.45, 2.75) is 24.0 Å².